The number of likely N-dealkylation sites (tertiary alicyclic amines) is 1. The minimum Gasteiger partial charge on any atom is -0.480 e. The second kappa shape index (κ2) is 7.91. The highest BCUT2D eigenvalue weighted by atomic mass is 16.4. The molecule has 0 aromatic heterocycles. The van der Waals surface area contributed by atoms with Gasteiger partial charge < -0.3 is 25.7 Å². The van der Waals surface area contributed by atoms with Crippen LogP contribution in [0.5, 0.6) is 0 Å². The number of carbonyl (C=O) groups is 3. The molecule has 1 aliphatic rings. The predicted octanol–water partition coefficient (Wildman–Crippen LogP) is -1.59. The van der Waals surface area contributed by atoms with Crippen LogP contribution in [0.3, 0.4) is 0 Å². The molecule has 1 unspecified atom stereocenters. The maximum absolute atomic E-state index is 11.1. The van der Waals surface area contributed by atoms with Crippen molar-refractivity contribution in [1.29, 1.82) is 0 Å². The number of aliphatic hydroxyl groups excluding tert-OH is 1. The van der Waals surface area contributed by atoms with Gasteiger partial charge in [-0.1, -0.05) is 0 Å². The van der Waals surface area contributed by atoms with E-state index < -0.39 is 36.1 Å². The van der Waals surface area contributed by atoms with Crippen LogP contribution >= 0.6 is 0 Å². The number of carboxylic acid groups (broad SMARTS) is 3. The molecule has 0 saturated carbocycles. The van der Waals surface area contributed by atoms with E-state index in [0.717, 1.165) is 0 Å². The zero-order valence-corrected chi connectivity index (χ0v) is 11.4. The number of nitrogens with one attached hydrogen (secondary N) is 1. The number of rotatable bonds is 10. The first kappa shape index (κ1) is 17.3. The van der Waals surface area contributed by atoms with Gasteiger partial charge >= 0.3 is 17.9 Å². The fourth-order valence-corrected chi connectivity index (χ4v) is 2.11. The molecule has 21 heavy (non-hydrogen) atoms. The Labute approximate surface area is 121 Å². The van der Waals surface area contributed by atoms with E-state index in [0.29, 0.717) is 19.5 Å². The maximum atomic E-state index is 11.1. The average molecular weight is 304 g/mol. The van der Waals surface area contributed by atoms with Gasteiger partial charge in [0.05, 0.1) is 0 Å². The maximum Gasteiger partial charge on any atom is 0.332 e. The summed E-state index contributed by atoms with van der Waals surface area (Å²) in [5.41, 5.74) is 0. The number of nitrogens with zero attached hydrogens (tertiary/aromatic N) is 1. The largest absolute Gasteiger partial charge is 0.480 e. The van der Waals surface area contributed by atoms with E-state index in [4.69, 9.17) is 20.4 Å². The highest BCUT2D eigenvalue weighted by Gasteiger charge is 2.34. The van der Waals surface area contributed by atoms with E-state index in [9.17, 15) is 14.4 Å². The lowest BCUT2D eigenvalue weighted by molar-refractivity contribution is -0.148. The van der Waals surface area contributed by atoms with Gasteiger partial charge in [0, 0.05) is 13.1 Å². The third-order valence-corrected chi connectivity index (χ3v) is 3.51. The van der Waals surface area contributed by atoms with Crippen molar-refractivity contribution in [2.45, 2.75) is 37.5 Å². The molecule has 0 radical (unpaired) electrons. The van der Waals surface area contributed by atoms with Gasteiger partial charge in [-0.15, -0.1) is 0 Å². The lowest BCUT2D eigenvalue weighted by Crippen LogP contribution is -2.54. The van der Waals surface area contributed by atoms with E-state index in [1.807, 2.05) is 0 Å². The van der Waals surface area contributed by atoms with Crippen molar-refractivity contribution in [1.82, 2.24) is 10.2 Å². The Morgan fingerprint density at radius 2 is 1.81 bits per heavy atom. The molecule has 1 saturated heterocycles. The van der Waals surface area contributed by atoms with Crippen LogP contribution in [0.2, 0.25) is 0 Å². The van der Waals surface area contributed by atoms with Gasteiger partial charge in [0.1, 0.15) is 12.1 Å². The highest BCUT2D eigenvalue weighted by molar-refractivity contribution is 5.75. The number of aliphatic hydroxyl groups is 1. The molecule has 1 aliphatic heterocycles. The number of aliphatic carboxylic acids is 3. The molecule has 0 aromatic carbocycles. The van der Waals surface area contributed by atoms with Gasteiger partial charge in [0.2, 0.25) is 0 Å². The molecule has 0 bridgehead atoms. The van der Waals surface area contributed by atoms with Gasteiger partial charge in [-0.3, -0.25) is 14.5 Å². The molecule has 1 heterocycles. The van der Waals surface area contributed by atoms with E-state index in [2.05, 4.69) is 5.32 Å². The molecule has 0 amide bonds. The standard InChI is InChI=1S/C12H20N2O7/c15-9(12(20)21)1-4-13-7(10(16)17)2-5-14-6-3-8(14)11(18)19/h7-9,13,15H,1-6H2,(H,16,17)(H,18,19)(H,20,21)/t7-,8-,9?/m0/s1. The van der Waals surface area contributed by atoms with Crippen molar-refractivity contribution in [3.05, 3.63) is 0 Å². The first-order valence-electron chi connectivity index (χ1n) is 6.67. The zero-order chi connectivity index (χ0) is 16.0. The number of hydrogen-bond acceptors (Lipinski definition) is 6. The fourth-order valence-electron chi connectivity index (χ4n) is 2.11. The SMILES string of the molecule is O=C(O)C(O)CCN[C@@H](CCN1CC[C@H]1C(=O)O)C(=O)O. The van der Waals surface area contributed by atoms with Gasteiger partial charge in [0.15, 0.2) is 6.10 Å². The minimum absolute atomic E-state index is 0.0484. The minimum atomic E-state index is -1.53. The van der Waals surface area contributed by atoms with Crippen molar-refractivity contribution >= 4 is 17.9 Å². The molecule has 0 aromatic rings. The molecule has 1 fully saturated rings. The fraction of sp³-hybridized carbons (Fsp3) is 0.750. The summed E-state index contributed by atoms with van der Waals surface area (Å²) >= 11 is 0. The predicted molar refractivity (Wildman–Crippen MR) is 69.9 cm³/mol. The van der Waals surface area contributed by atoms with Crippen molar-refractivity contribution < 1.29 is 34.8 Å². The Bertz CT molecular complexity index is 401. The van der Waals surface area contributed by atoms with Crippen LogP contribution in [-0.4, -0.2) is 81.1 Å². The molecule has 1 rings (SSSR count). The Hall–Kier alpha value is -1.71. The molecule has 0 aliphatic carbocycles. The first-order chi connectivity index (χ1) is 9.82. The van der Waals surface area contributed by atoms with E-state index >= 15 is 0 Å². The zero-order valence-electron chi connectivity index (χ0n) is 11.4. The van der Waals surface area contributed by atoms with Crippen LogP contribution in [0.25, 0.3) is 0 Å². The quantitative estimate of drug-likeness (QED) is 0.322. The Balaban J connectivity index is 2.32. The molecular formula is C12H20N2O7. The second-order valence-corrected chi connectivity index (χ2v) is 4.96. The molecule has 9 heteroatoms. The summed E-state index contributed by atoms with van der Waals surface area (Å²) in [5, 5.41) is 38.2. The monoisotopic (exact) mass is 304 g/mol. The lowest BCUT2D eigenvalue weighted by Gasteiger charge is -2.38. The Morgan fingerprint density at radius 3 is 2.24 bits per heavy atom. The van der Waals surface area contributed by atoms with Gasteiger partial charge in [-0.25, -0.2) is 4.79 Å². The van der Waals surface area contributed by atoms with Crippen molar-refractivity contribution in [2.75, 3.05) is 19.6 Å². The molecule has 3 atom stereocenters. The molecule has 120 valence electrons. The van der Waals surface area contributed by atoms with Crippen LogP contribution in [-0.2, 0) is 14.4 Å². The summed E-state index contributed by atoms with van der Waals surface area (Å²) in [7, 11) is 0. The summed E-state index contributed by atoms with van der Waals surface area (Å²) in [6.45, 7) is 1.01. The number of hydrogen-bond donors (Lipinski definition) is 5. The Kier molecular flexibility index (Phi) is 6.53. The van der Waals surface area contributed by atoms with Gasteiger partial charge in [-0.2, -0.15) is 0 Å². The van der Waals surface area contributed by atoms with Crippen LogP contribution in [0.15, 0.2) is 0 Å². The molecule has 5 N–H and O–H groups in total. The van der Waals surface area contributed by atoms with Crippen LogP contribution in [0.1, 0.15) is 19.3 Å². The van der Waals surface area contributed by atoms with Crippen molar-refractivity contribution in [2.24, 2.45) is 0 Å². The normalized spacial score (nSPS) is 21.3. The van der Waals surface area contributed by atoms with Crippen LogP contribution in [0, 0.1) is 0 Å². The van der Waals surface area contributed by atoms with E-state index in [1.165, 1.54) is 0 Å². The summed E-state index contributed by atoms with van der Waals surface area (Å²) < 4.78 is 0. The number of carboxylic acids is 3. The summed E-state index contributed by atoms with van der Waals surface area (Å²) in [6, 6.07) is -1.45. The van der Waals surface area contributed by atoms with Crippen molar-refractivity contribution in [3.8, 4) is 0 Å². The van der Waals surface area contributed by atoms with E-state index in [1.54, 1.807) is 4.90 Å². The highest BCUT2D eigenvalue weighted by Crippen LogP contribution is 2.17. The Morgan fingerprint density at radius 1 is 1.14 bits per heavy atom. The van der Waals surface area contributed by atoms with Crippen LogP contribution < -0.4 is 5.32 Å². The molecular weight excluding hydrogens is 284 g/mol. The smallest absolute Gasteiger partial charge is 0.332 e. The summed E-state index contributed by atoms with van der Waals surface area (Å²) in [6.07, 6.45) is -0.854. The second-order valence-electron chi connectivity index (χ2n) is 4.96. The molecule has 0 spiro atoms. The van der Waals surface area contributed by atoms with Gasteiger partial charge in [-0.05, 0) is 25.8 Å². The van der Waals surface area contributed by atoms with E-state index in [-0.39, 0.29) is 19.4 Å². The van der Waals surface area contributed by atoms with Gasteiger partial charge in [0.25, 0.3) is 0 Å². The molecule has 9 nitrogen and oxygen atoms in total. The van der Waals surface area contributed by atoms with Crippen LogP contribution in [0.4, 0.5) is 0 Å². The summed E-state index contributed by atoms with van der Waals surface area (Å²) in [4.78, 5) is 34.0. The lowest BCUT2D eigenvalue weighted by atomic mass is 10.0. The third-order valence-electron chi connectivity index (χ3n) is 3.51. The topological polar surface area (TPSA) is 147 Å². The van der Waals surface area contributed by atoms with Crippen molar-refractivity contribution in [3.63, 3.8) is 0 Å². The summed E-state index contributed by atoms with van der Waals surface area (Å²) in [5.74, 6) is -3.36. The first-order valence-corrected chi connectivity index (χ1v) is 6.67. The third kappa shape index (κ3) is 5.29. The average Bonchev–Trinajstić information content (AvgIpc) is 2.34.